The first kappa shape index (κ1) is 17.9. The van der Waals surface area contributed by atoms with E-state index in [1.165, 1.54) is 4.90 Å². The molecular formula is C14H23N3O5. The fourth-order valence-electron chi connectivity index (χ4n) is 2.27. The van der Waals surface area contributed by atoms with Crippen LogP contribution in [0.5, 0.6) is 0 Å². The number of aliphatic carboxylic acids is 1. The van der Waals surface area contributed by atoms with E-state index in [1.54, 1.807) is 6.92 Å². The number of hydrogen-bond donors (Lipinski definition) is 2. The van der Waals surface area contributed by atoms with Gasteiger partial charge in [0.05, 0.1) is 0 Å². The number of carbonyl (C=O) groups excluding carboxylic acids is 3. The van der Waals surface area contributed by atoms with Crippen molar-refractivity contribution in [2.24, 2.45) is 5.92 Å². The van der Waals surface area contributed by atoms with Crippen LogP contribution in [0.15, 0.2) is 0 Å². The number of nitrogens with zero attached hydrogens (tertiary/aromatic N) is 2. The highest BCUT2D eigenvalue weighted by molar-refractivity contribution is 6.35. The maximum Gasteiger partial charge on any atom is 0.326 e. The number of carbonyl (C=O) groups is 4. The van der Waals surface area contributed by atoms with Crippen molar-refractivity contribution in [2.45, 2.75) is 33.2 Å². The van der Waals surface area contributed by atoms with Crippen LogP contribution in [-0.2, 0) is 19.2 Å². The molecule has 124 valence electrons. The van der Waals surface area contributed by atoms with E-state index in [4.69, 9.17) is 5.11 Å². The Morgan fingerprint density at radius 1 is 1.18 bits per heavy atom. The van der Waals surface area contributed by atoms with Gasteiger partial charge in [-0.25, -0.2) is 4.79 Å². The Bertz CT molecular complexity index is 463. The largest absolute Gasteiger partial charge is 0.480 e. The lowest BCUT2D eigenvalue weighted by atomic mass is 10.0. The minimum Gasteiger partial charge on any atom is -0.480 e. The Morgan fingerprint density at radius 2 is 1.73 bits per heavy atom. The van der Waals surface area contributed by atoms with E-state index in [9.17, 15) is 19.2 Å². The van der Waals surface area contributed by atoms with E-state index in [1.807, 2.05) is 13.8 Å². The number of amides is 3. The number of nitrogens with one attached hydrogen (secondary N) is 1. The molecule has 3 amide bonds. The average Bonchev–Trinajstić information content (AvgIpc) is 2.43. The maximum atomic E-state index is 11.9. The first-order valence-electron chi connectivity index (χ1n) is 7.36. The van der Waals surface area contributed by atoms with Gasteiger partial charge in [-0.05, 0) is 19.3 Å². The first-order valence-corrected chi connectivity index (χ1v) is 7.36. The van der Waals surface area contributed by atoms with E-state index in [0.717, 1.165) is 4.90 Å². The number of carboxylic acids is 1. The quantitative estimate of drug-likeness (QED) is 0.604. The molecule has 1 rings (SSSR count). The second kappa shape index (κ2) is 7.77. The van der Waals surface area contributed by atoms with Crippen molar-refractivity contribution < 1.29 is 24.3 Å². The Kier molecular flexibility index (Phi) is 6.33. The minimum absolute atomic E-state index is 0.109. The third kappa shape index (κ3) is 4.71. The van der Waals surface area contributed by atoms with E-state index in [2.05, 4.69) is 5.32 Å². The van der Waals surface area contributed by atoms with Crippen LogP contribution in [0.1, 0.15) is 27.2 Å². The first-order chi connectivity index (χ1) is 10.3. The number of carboxylic acid groups (broad SMARTS) is 1. The third-order valence-electron chi connectivity index (χ3n) is 3.45. The molecule has 0 aromatic carbocycles. The molecule has 0 aromatic heterocycles. The molecule has 0 spiro atoms. The number of piperazine rings is 1. The molecule has 2 N–H and O–H groups in total. The molecular weight excluding hydrogens is 290 g/mol. The van der Waals surface area contributed by atoms with Gasteiger partial charge in [0.1, 0.15) is 12.6 Å². The topological polar surface area (TPSA) is 107 Å². The highest BCUT2D eigenvalue weighted by Gasteiger charge is 2.33. The van der Waals surface area contributed by atoms with Gasteiger partial charge in [0, 0.05) is 19.6 Å². The Labute approximate surface area is 129 Å². The van der Waals surface area contributed by atoms with E-state index >= 15 is 0 Å². The predicted octanol–water partition coefficient (Wildman–Crippen LogP) is -0.707. The molecule has 1 aliphatic rings. The molecule has 0 bridgehead atoms. The molecule has 1 atom stereocenters. The summed E-state index contributed by atoms with van der Waals surface area (Å²) in [5, 5.41) is 11.5. The fraction of sp³-hybridized carbons (Fsp3) is 0.714. The predicted molar refractivity (Wildman–Crippen MR) is 77.9 cm³/mol. The lowest BCUT2D eigenvalue weighted by molar-refractivity contribution is -0.157. The molecule has 1 fully saturated rings. The average molecular weight is 313 g/mol. The Balaban J connectivity index is 2.59. The Hall–Kier alpha value is -2.12. The highest BCUT2D eigenvalue weighted by atomic mass is 16.4. The lowest BCUT2D eigenvalue weighted by Gasteiger charge is -2.32. The van der Waals surface area contributed by atoms with Crippen LogP contribution >= 0.6 is 0 Å². The summed E-state index contributed by atoms with van der Waals surface area (Å²) in [6.07, 6.45) is 0.303. The number of hydrogen-bond acceptors (Lipinski definition) is 4. The van der Waals surface area contributed by atoms with E-state index in [0.29, 0.717) is 19.5 Å². The smallest absolute Gasteiger partial charge is 0.326 e. The molecule has 0 unspecified atom stereocenters. The summed E-state index contributed by atoms with van der Waals surface area (Å²) in [6.45, 7) is 6.28. The molecule has 1 saturated heterocycles. The van der Waals surface area contributed by atoms with Crippen molar-refractivity contribution in [3.8, 4) is 0 Å². The van der Waals surface area contributed by atoms with Crippen LogP contribution in [0.4, 0.5) is 0 Å². The molecule has 22 heavy (non-hydrogen) atoms. The van der Waals surface area contributed by atoms with Crippen molar-refractivity contribution in [2.75, 3.05) is 26.2 Å². The van der Waals surface area contributed by atoms with Gasteiger partial charge < -0.3 is 20.2 Å². The van der Waals surface area contributed by atoms with Gasteiger partial charge in [-0.15, -0.1) is 0 Å². The van der Waals surface area contributed by atoms with Crippen molar-refractivity contribution in [3.05, 3.63) is 0 Å². The zero-order chi connectivity index (χ0) is 16.9. The van der Waals surface area contributed by atoms with Crippen LogP contribution in [0.25, 0.3) is 0 Å². The zero-order valence-corrected chi connectivity index (χ0v) is 13.2. The van der Waals surface area contributed by atoms with Gasteiger partial charge >= 0.3 is 17.8 Å². The second-order valence-corrected chi connectivity index (χ2v) is 5.70. The van der Waals surface area contributed by atoms with E-state index in [-0.39, 0.29) is 19.0 Å². The minimum atomic E-state index is -1.11. The molecule has 0 aromatic rings. The zero-order valence-electron chi connectivity index (χ0n) is 13.2. The van der Waals surface area contributed by atoms with Crippen LogP contribution in [0, 0.1) is 5.92 Å². The summed E-state index contributed by atoms with van der Waals surface area (Å²) in [5.41, 5.74) is 0. The summed E-state index contributed by atoms with van der Waals surface area (Å²) in [7, 11) is 0. The molecule has 0 radical (unpaired) electrons. The van der Waals surface area contributed by atoms with Gasteiger partial charge in [0.15, 0.2) is 0 Å². The summed E-state index contributed by atoms with van der Waals surface area (Å²) >= 11 is 0. The monoisotopic (exact) mass is 313 g/mol. The second-order valence-electron chi connectivity index (χ2n) is 5.70. The van der Waals surface area contributed by atoms with Crippen LogP contribution in [0.2, 0.25) is 0 Å². The fourth-order valence-corrected chi connectivity index (χ4v) is 2.27. The van der Waals surface area contributed by atoms with Crippen molar-refractivity contribution in [3.63, 3.8) is 0 Å². The summed E-state index contributed by atoms with van der Waals surface area (Å²) in [5.74, 6) is -2.92. The van der Waals surface area contributed by atoms with Crippen LogP contribution in [-0.4, -0.2) is 70.8 Å². The van der Waals surface area contributed by atoms with Gasteiger partial charge in [-0.3, -0.25) is 14.4 Å². The van der Waals surface area contributed by atoms with Gasteiger partial charge in [-0.2, -0.15) is 0 Å². The van der Waals surface area contributed by atoms with E-state index < -0.39 is 29.7 Å². The summed E-state index contributed by atoms with van der Waals surface area (Å²) in [4.78, 5) is 49.2. The molecule has 8 nitrogen and oxygen atoms in total. The molecule has 0 aliphatic carbocycles. The maximum absolute atomic E-state index is 11.9. The molecule has 1 heterocycles. The van der Waals surface area contributed by atoms with Crippen molar-refractivity contribution in [1.82, 2.24) is 15.1 Å². The van der Waals surface area contributed by atoms with Gasteiger partial charge in [-0.1, -0.05) is 13.8 Å². The van der Waals surface area contributed by atoms with Crippen molar-refractivity contribution in [1.29, 1.82) is 0 Å². The number of likely N-dealkylation sites (N-methyl/N-ethyl adjacent to an activating group) is 1. The lowest BCUT2D eigenvalue weighted by Crippen LogP contribution is -2.57. The molecule has 8 heteroatoms. The normalized spacial score (nSPS) is 16.9. The highest BCUT2D eigenvalue weighted by Crippen LogP contribution is 2.07. The number of rotatable bonds is 7. The van der Waals surface area contributed by atoms with Gasteiger partial charge in [0.2, 0.25) is 5.91 Å². The standard InChI is InChI=1S/C14H23N3O5/c1-4-16-5-6-17(13(20)12(16)19)8-11(18)15-10(14(21)22)7-9(2)3/h9-10H,4-8H2,1-3H3,(H,15,18)(H,21,22)/t10-/m0/s1. The Morgan fingerprint density at radius 3 is 2.23 bits per heavy atom. The third-order valence-corrected chi connectivity index (χ3v) is 3.45. The summed E-state index contributed by atoms with van der Waals surface area (Å²) in [6, 6.07) is -0.991. The van der Waals surface area contributed by atoms with Crippen molar-refractivity contribution >= 4 is 23.7 Å². The summed E-state index contributed by atoms with van der Waals surface area (Å²) < 4.78 is 0. The van der Waals surface area contributed by atoms with Gasteiger partial charge in [0.25, 0.3) is 0 Å². The molecule has 0 saturated carbocycles. The van der Waals surface area contributed by atoms with Crippen LogP contribution < -0.4 is 5.32 Å². The SMILES string of the molecule is CCN1CCN(CC(=O)N[C@@H](CC(C)C)C(=O)O)C(=O)C1=O. The molecule has 1 aliphatic heterocycles. The van der Waals surface area contributed by atoms with Crippen LogP contribution in [0.3, 0.4) is 0 Å².